The molecule has 1 rings (SSSR count). The summed E-state index contributed by atoms with van der Waals surface area (Å²) in [6, 6.07) is 5.02. The summed E-state index contributed by atoms with van der Waals surface area (Å²) >= 11 is 1.29. The molecule has 0 aliphatic heterocycles. The van der Waals surface area contributed by atoms with Gasteiger partial charge in [-0.1, -0.05) is 24.8 Å². The molecule has 0 aliphatic rings. The molecule has 2 N–H and O–H groups in total. The van der Waals surface area contributed by atoms with Crippen molar-refractivity contribution >= 4 is 23.7 Å². The predicted octanol–water partition coefficient (Wildman–Crippen LogP) is 1.41. The highest BCUT2D eigenvalue weighted by Gasteiger charge is 2.07. The van der Waals surface area contributed by atoms with Gasteiger partial charge >= 0.3 is 6.03 Å². The maximum atomic E-state index is 11.4. The fourth-order valence-corrected chi connectivity index (χ4v) is 1.68. The van der Waals surface area contributed by atoms with Crippen molar-refractivity contribution in [1.82, 2.24) is 15.6 Å². The van der Waals surface area contributed by atoms with Crippen LogP contribution in [0.15, 0.2) is 29.4 Å². The Bertz CT molecular complexity index is 370. The summed E-state index contributed by atoms with van der Waals surface area (Å²) in [5, 5.41) is 5.57. The number of carbonyl (C=O) groups is 2. The lowest BCUT2D eigenvalue weighted by molar-refractivity contribution is -0.117. The molecule has 0 aromatic carbocycles. The molecular weight excluding hydrogens is 238 g/mol. The average Bonchev–Trinajstić information content (AvgIpc) is 2.35. The normalized spacial score (nSPS) is 9.71. The van der Waals surface area contributed by atoms with Crippen molar-refractivity contribution in [3.8, 4) is 0 Å². The van der Waals surface area contributed by atoms with Gasteiger partial charge in [0.05, 0.1) is 10.8 Å². The minimum atomic E-state index is -0.446. The summed E-state index contributed by atoms with van der Waals surface area (Å²) in [4.78, 5) is 26.6. The molecule has 0 saturated heterocycles. The van der Waals surface area contributed by atoms with Crippen LogP contribution in [0.2, 0.25) is 0 Å². The summed E-state index contributed by atoms with van der Waals surface area (Å²) in [5.74, 6) is -0.148. The second-order valence-electron chi connectivity index (χ2n) is 3.26. The van der Waals surface area contributed by atoms with E-state index in [2.05, 4.69) is 15.6 Å². The van der Waals surface area contributed by atoms with Crippen LogP contribution in [0.25, 0.3) is 0 Å². The van der Waals surface area contributed by atoms with Gasteiger partial charge in [-0.3, -0.25) is 10.1 Å². The van der Waals surface area contributed by atoms with Crippen LogP contribution in [0.4, 0.5) is 4.79 Å². The third-order valence-corrected chi connectivity index (χ3v) is 2.72. The lowest BCUT2D eigenvalue weighted by atomic mass is 10.5. The lowest BCUT2D eigenvalue weighted by Crippen LogP contribution is -2.40. The Morgan fingerprint density at radius 1 is 1.41 bits per heavy atom. The van der Waals surface area contributed by atoms with Crippen molar-refractivity contribution in [2.45, 2.75) is 18.4 Å². The van der Waals surface area contributed by atoms with Gasteiger partial charge in [-0.2, -0.15) is 0 Å². The minimum absolute atomic E-state index is 0.177. The quantitative estimate of drug-likeness (QED) is 0.778. The predicted molar refractivity (Wildman–Crippen MR) is 66.8 cm³/mol. The van der Waals surface area contributed by atoms with Crippen LogP contribution in [0.5, 0.6) is 0 Å². The van der Waals surface area contributed by atoms with Crippen LogP contribution in [0.3, 0.4) is 0 Å². The van der Waals surface area contributed by atoms with Crippen molar-refractivity contribution in [3.05, 3.63) is 24.4 Å². The summed E-state index contributed by atoms with van der Waals surface area (Å²) in [6.07, 6.45) is 2.50. The van der Waals surface area contributed by atoms with Crippen LogP contribution >= 0.6 is 11.8 Å². The number of urea groups is 1. The lowest BCUT2D eigenvalue weighted by Gasteiger charge is -2.04. The fourth-order valence-electron chi connectivity index (χ4n) is 1.02. The number of imide groups is 1. The largest absolute Gasteiger partial charge is 0.338 e. The number of carbonyl (C=O) groups excluding carboxylic acids is 2. The van der Waals surface area contributed by atoms with Gasteiger partial charge in [0.1, 0.15) is 0 Å². The average molecular weight is 253 g/mol. The Morgan fingerprint density at radius 2 is 2.24 bits per heavy atom. The second-order valence-corrected chi connectivity index (χ2v) is 4.26. The number of aromatic nitrogens is 1. The number of pyridine rings is 1. The molecule has 0 unspecified atom stereocenters. The Balaban J connectivity index is 2.24. The van der Waals surface area contributed by atoms with Gasteiger partial charge in [-0.15, -0.1) is 0 Å². The zero-order valence-electron chi connectivity index (χ0n) is 9.60. The van der Waals surface area contributed by atoms with Crippen molar-refractivity contribution < 1.29 is 9.59 Å². The molecule has 0 saturated carbocycles. The molecule has 92 valence electrons. The first-order chi connectivity index (χ1) is 8.22. The van der Waals surface area contributed by atoms with Gasteiger partial charge in [0.15, 0.2) is 0 Å². The highest BCUT2D eigenvalue weighted by Crippen LogP contribution is 2.12. The third-order valence-electron chi connectivity index (χ3n) is 1.78. The highest BCUT2D eigenvalue weighted by atomic mass is 32.2. The van der Waals surface area contributed by atoms with Crippen LogP contribution in [-0.2, 0) is 4.79 Å². The van der Waals surface area contributed by atoms with Crippen LogP contribution in [0, 0.1) is 0 Å². The standard InChI is InChI=1S/C11H15N3O2S/c1-2-6-13-11(16)14-9(15)8-17-10-5-3-4-7-12-10/h3-5,7H,2,6,8H2,1H3,(H2,13,14,15,16). The third kappa shape index (κ3) is 5.91. The van der Waals surface area contributed by atoms with E-state index in [-0.39, 0.29) is 11.7 Å². The SMILES string of the molecule is CCCNC(=O)NC(=O)CSc1ccccn1. The van der Waals surface area contributed by atoms with E-state index in [1.165, 1.54) is 11.8 Å². The van der Waals surface area contributed by atoms with E-state index in [0.717, 1.165) is 11.4 Å². The van der Waals surface area contributed by atoms with Gasteiger partial charge < -0.3 is 5.32 Å². The number of rotatable bonds is 5. The first-order valence-corrected chi connectivity index (χ1v) is 6.32. The number of hydrogen-bond acceptors (Lipinski definition) is 4. The fraction of sp³-hybridized carbons (Fsp3) is 0.364. The molecule has 3 amide bonds. The van der Waals surface area contributed by atoms with Crippen LogP contribution < -0.4 is 10.6 Å². The number of hydrogen-bond donors (Lipinski definition) is 2. The molecule has 0 spiro atoms. The molecule has 0 aliphatic carbocycles. The first kappa shape index (κ1) is 13.5. The van der Waals surface area contributed by atoms with Crippen LogP contribution in [-0.4, -0.2) is 29.2 Å². The molecule has 0 bridgehead atoms. The highest BCUT2D eigenvalue weighted by molar-refractivity contribution is 7.99. The minimum Gasteiger partial charge on any atom is -0.338 e. The number of nitrogens with one attached hydrogen (secondary N) is 2. The molecular formula is C11H15N3O2S. The molecule has 1 aromatic heterocycles. The van der Waals surface area contributed by atoms with Crippen molar-refractivity contribution in [2.24, 2.45) is 0 Å². The Labute approximate surface area is 104 Å². The molecule has 6 heteroatoms. The zero-order chi connectivity index (χ0) is 12.5. The molecule has 5 nitrogen and oxygen atoms in total. The van der Waals surface area contributed by atoms with E-state index in [1.807, 2.05) is 25.1 Å². The van der Waals surface area contributed by atoms with E-state index in [9.17, 15) is 9.59 Å². The van der Waals surface area contributed by atoms with Gasteiger partial charge in [0, 0.05) is 12.7 Å². The van der Waals surface area contributed by atoms with Gasteiger partial charge in [0.2, 0.25) is 5.91 Å². The van der Waals surface area contributed by atoms with Gasteiger partial charge in [-0.25, -0.2) is 9.78 Å². The van der Waals surface area contributed by atoms with Crippen molar-refractivity contribution in [2.75, 3.05) is 12.3 Å². The molecule has 0 atom stereocenters. The van der Waals surface area contributed by atoms with E-state index >= 15 is 0 Å². The number of thioether (sulfide) groups is 1. The Hall–Kier alpha value is -1.56. The maximum absolute atomic E-state index is 11.4. The van der Waals surface area contributed by atoms with Crippen molar-refractivity contribution in [3.63, 3.8) is 0 Å². The van der Waals surface area contributed by atoms with E-state index < -0.39 is 6.03 Å². The van der Waals surface area contributed by atoms with Crippen LogP contribution in [0.1, 0.15) is 13.3 Å². The molecule has 1 aromatic rings. The smallest absolute Gasteiger partial charge is 0.321 e. The summed E-state index contributed by atoms with van der Waals surface area (Å²) in [7, 11) is 0. The number of amides is 3. The number of nitrogens with zero attached hydrogens (tertiary/aromatic N) is 1. The monoisotopic (exact) mass is 253 g/mol. The zero-order valence-corrected chi connectivity index (χ0v) is 10.4. The Morgan fingerprint density at radius 3 is 2.88 bits per heavy atom. The Kier molecular flexibility index (Phi) is 6.09. The maximum Gasteiger partial charge on any atom is 0.321 e. The van der Waals surface area contributed by atoms with E-state index in [1.54, 1.807) is 6.20 Å². The first-order valence-electron chi connectivity index (χ1n) is 5.34. The molecule has 0 fully saturated rings. The molecule has 17 heavy (non-hydrogen) atoms. The summed E-state index contributed by atoms with van der Waals surface area (Å²) in [5.41, 5.74) is 0. The van der Waals surface area contributed by atoms with Gasteiger partial charge in [0.25, 0.3) is 0 Å². The van der Waals surface area contributed by atoms with Gasteiger partial charge in [-0.05, 0) is 18.6 Å². The topological polar surface area (TPSA) is 71.1 Å². The van der Waals surface area contributed by atoms with E-state index in [0.29, 0.717) is 6.54 Å². The van der Waals surface area contributed by atoms with E-state index in [4.69, 9.17) is 0 Å². The van der Waals surface area contributed by atoms with Crippen molar-refractivity contribution in [1.29, 1.82) is 0 Å². The summed E-state index contributed by atoms with van der Waals surface area (Å²) in [6.45, 7) is 2.51. The summed E-state index contributed by atoms with van der Waals surface area (Å²) < 4.78 is 0. The second kappa shape index (κ2) is 7.67. The molecule has 1 heterocycles. The molecule has 0 radical (unpaired) electrons.